The topological polar surface area (TPSA) is 38.1 Å². The molecular weight excluding hydrogens is 176 g/mol. The summed E-state index contributed by atoms with van der Waals surface area (Å²) in [6.45, 7) is 7.00. The molecule has 1 atom stereocenters. The first kappa shape index (κ1) is 11.2. The molecule has 0 saturated carbocycles. The van der Waals surface area contributed by atoms with Crippen LogP contribution >= 0.6 is 0 Å². The predicted molar refractivity (Wildman–Crippen MR) is 57.0 cm³/mol. The Kier molecular flexibility index (Phi) is 3.69. The van der Waals surface area contributed by atoms with Crippen molar-refractivity contribution >= 4 is 0 Å². The van der Waals surface area contributed by atoms with Crippen LogP contribution in [-0.2, 0) is 12.1 Å². The molecule has 0 bridgehead atoms. The van der Waals surface area contributed by atoms with Crippen LogP contribution in [0.15, 0.2) is 12.4 Å². The van der Waals surface area contributed by atoms with Crippen LogP contribution in [0.1, 0.15) is 45.6 Å². The van der Waals surface area contributed by atoms with Gasteiger partial charge in [0.05, 0.1) is 11.8 Å². The minimum Gasteiger partial charge on any atom is -0.385 e. The van der Waals surface area contributed by atoms with E-state index in [0.29, 0.717) is 0 Å². The van der Waals surface area contributed by atoms with Crippen molar-refractivity contribution in [1.82, 2.24) is 9.78 Å². The number of hydrogen-bond donors (Lipinski definition) is 1. The van der Waals surface area contributed by atoms with E-state index in [1.54, 1.807) is 6.20 Å². The molecule has 0 fully saturated rings. The summed E-state index contributed by atoms with van der Waals surface area (Å²) in [6, 6.07) is 0. The molecule has 1 heterocycles. The molecule has 1 unspecified atom stereocenters. The van der Waals surface area contributed by atoms with Gasteiger partial charge in [-0.2, -0.15) is 5.10 Å². The van der Waals surface area contributed by atoms with Crippen molar-refractivity contribution in [2.75, 3.05) is 0 Å². The molecule has 3 nitrogen and oxygen atoms in total. The third-order valence-corrected chi connectivity index (χ3v) is 2.74. The monoisotopic (exact) mass is 196 g/mol. The van der Waals surface area contributed by atoms with Crippen LogP contribution in [-0.4, -0.2) is 14.9 Å². The fourth-order valence-electron chi connectivity index (χ4n) is 1.72. The van der Waals surface area contributed by atoms with E-state index < -0.39 is 5.60 Å². The van der Waals surface area contributed by atoms with Crippen LogP contribution in [0.2, 0.25) is 0 Å². The van der Waals surface area contributed by atoms with Gasteiger partial charge in [-0.1, -0.05) is 20.3 Å². The molecule has 0 aliphatic carbocycles. The van der Waals surface area contributed by atoms with Crippen molar-refractivity contribution in [2.24, 2.45) is 0 Å². The summed E-state index contributed by atoms with van der Waals surface area (Å²) < 4.78 is 1.85. The van der Waals surface area contributed by atoms with Gasteiger partial charge in [-0.05, 0) is 19.8 Å². The highest BCUT2D eigenvalue weighted by molar-refractivity contribution is 5.14. The Morgan fingerprint density at radius 1 is 1.43 bits per heavy atom. The summed E-state index contributed by atoms with van der Waals surface area (Å²) in [7, 11) is 0. The first-order chi connectivity index (χ1) is 6.66. The zero-order chi connectivity index (χ0) is 10.6. The number of rotatable bonds is 5. The second-order valence-electron chi connectivity index (χ2n) is 3.72. The van der Waals surface area contributed by atoms with E-state index in [9.17, 15) is 5.11 Å². The van der Waals surface area contributed by atoms with Crippen LogP contribution in [0.25, 0.3) is 0 Å². The maximum Gasteiger partial charge on any atom is 0.0924 e. The summed E-state index contributed by atoms with van der Waals surface area (Å²) in [5.74, 6) is 0. The van der Waals surface area contributed by atoms with Gasteiger partial charge in [-0.3, -0.25) is 4.68 Å². The quantitative estimate of drug-likeness (QED) is 0.784. The third kappa shape index (κ3) is 2.15. The molecule has 1 N–H and O–H groups in total. The molecule has 0 saturated heterocycles. The minimum absolute atomic E-state index is 0.678. The molecule has 0 aromatic carbocycles. The van der Waals surface area contributed by atoms with E-state index in [4.69, 9.17) is 0 Å². The molecule has 1 aromatic heterocycles. The molecule has 80 valence electrons. The number of nitrogens with zero attached hydrogens (tertiary/aromatic N) is 2. The zero-order valence-electron chi connectivity index (χ0n) is 9.32. The van der Waals surface area contributed by atoms with E-state index >= 15 is 0 Å². The highest BCUT2D eigenvalue weighted by Crippen LogP contribution is 2.29. The fraction of sp³-hybridized carbons (Fsp3) is 0.727. The Labute approximate surface area is 85.8 Å². The Hall–Kier alpha value is -0.830. The van der Waals surface area contributed by atoms with Crippen molar-refractivity contribution in [3.8, 4) is 0 Å². The lowest BCUT2D eigenvalue weighted by atomic mass is 9.89. The van der Waals surface area contributed by atoms with Gasteiger partial charge >= 0.3 is 0 Å². The summed E-state index contributed by atoms with van der Waals surface area (Å²) in [5, 5.41) is 14.5. The highest BCUT2D eigenvalue weighted by atomic mass is 16.3. The maximum atomic E-state index is 10.3. The van der Waals surface area contributed by atoms with Crippen LogP contribution < -0.4 is 0 Å². The van der Waals surface area contributed by atoms with Crippen molar-refractivity contribution < 1.29 is 5.11 Å². The molecule has 0 aliphatic heterocycles. The first-order valence-electron chi connectivity index (χ1n) is 5.41. The second kappa shape index (κ2) is 4.60. The van der Waals surface area contributed by atoms with Gasteiger partial charge in [0.25, 0.3) is 0 Å². The van der Waals surface area contributed by atoms with Crippen molar-refractivity contribution in [2.45, 2.75) is 52.2 Å². The summed E-state index contributed by atoms with van der Waals surface area (Å²) in [5.41, 5.74) is 0.269. The smallest absolute Gasteiger partial charge is 0.0924 e. The molecular formula is C11H20N2O. The molecule has 0 radical (unpaired) electrons. The van der Waals surface area contributed by atoms with Gasteiger partial charge in [-0.15, -0.1) is 0 Å². The predicted octanol–water partition coefficient (Wildman–Crippen LogP) is 2.30. The normalized spacial score (nSPS) is 15.4. The Bertz CT molecular complexity index is 283. The largest absolute Gasteiger partial charge is 0.385 e. The maximum absolute atomic E-state index is 10.3. The van der Waals surface area contributed by atoms with E-state index in [0.717, 1.165) is 31.4 Å². The van der Waals surface area contributed by atoms with Crippen molar-refractivity contribution in [3.63, 3.8) is 0 Å². The third-order valence-electron chi connectivity index (χ3n) is 2.74. The summed E-state index contributed by atoms with van der Waals surface area (Å²) in [4.78, 5) is 0. The standard InChI is InChI=1S/C11H20N2O/c1-4-7-11(14,5-2)10-8-12-13(6-3)9-10/h8-9,14H,4-7H2,1-3H3. The highest BCUT2D eigenvalue weighted by Gasteiger charge is 2.27. The number of aryl methyl sites for hydroxylation is 1. The number of aliphatic hydroxyl groups is 1. The first-order valence-corrected chi connectivity index (χ1v) is 5.41. The fourth-order valence-corrected chi connectivity index (χ4v) is 1.72. The average Bonchev–Trinajstić information content (AvgIpc) is 2.66. The van der Waals surface area contributed by atoms with E-state index in [1.165, 1.54) is 0 Å². The number of aromatic nitrogens is 2. The second-order valence-corrected chi connectivity index (χ2v) is 3.72. The number of hydrogen-bond acceptors (Lipinski definition) is 2. The van der Waals surface area contributed by atoms with Crippen molar-refractivity contribution in [3.05, 3.63) is 18.0 Å². The van der Waals surface area contributed by atoms with E-state index in [2.05, 4.69) is 12.0 Å². The average molecular weight is 196 g/mol. The van der Waals surface area contributed by atoms with E-state index in [-0.39, 0.29) is 0 Å². The molecule has 0 spiro atoms. The van der Waals surface area contributed by atoms with Crippen LogP contribution in [0.4, 0.5) is 0 Å². The Balaban J connectivity index is 2.87. The Morgan fingerprint density at radius 3 is 2.57 bits per heavy atom. The molecule has 3 heteroatoms. The molecule has 1 aromatic rings. The molecule has 14 heavy (non-hydrogen) atoms. The van der Waals surface area contributed by atoms with Gasteiger partial charge in [0.15, 0.2) is 0 Å². The van der Waals surface area contributed by atoms with E-state index in [1.807, 2.05) is 24.7 Å². The lowest BCUT2D eigenvalue weighted by Crippen LogP contribution is -2.23. The molecule has 1 rings (SSSR count). The van der Waals surface area contributed by atoms with Gasteiger partial charge in [-0.25, -0.2) is 0 Å². The lowest BCUT2D eigenvalue weighted by molar-refractivity contribution is 0.0225. The molecule has 0 amide bonds. The van der Waals surface area contributed by atoms with Gasteiger partial charge in [0.1, 0.15) is 0 Å². The SMILES string of the molecule is CCCC(O)(CC)c1cnn(CC)c1. The van der Waals surface area contributed by atoms with Gasteiger partial charge < -0.3 is 5.11 Å². The van der Waals surface area contributed by atoms with Gasteiger partial charge in [0.2, 0.25) is 0 Å². The van der Waals surface area contributed by atoms with Crippen LogP contribution in [0.5, 0.6) is 0 Å². The Morgan fingerprint density at radius 2 is 2.14 bits per heavy atom. The minimum atomic E-state index is -0.678. The molecule has 0 aliphatic rings. The zero-order valence-corrected chi connectivity index (χ0v) is 9.32. The van der Waals surface area contributed by atoms with Crippen molar-refractivity contribution in [1.29, 1.82) is 0 Å². The van der Waals surface area contributed by atoms with Gasteiger partial charge in [0, 0.05) is 18.3 Å². The van der Waals surface area contributed by atoms with Crippen LogP contribution in [0.3, 0.4) is 0 Å². The summed E-state index contributed by atoms with van der Waals surface area (Å²) >= 11 is 0. The lowest BCUT2D eigenvalue weighted by Gasteiger charge is -2.24. The van der Waals surface area contributed by atoms with Crippen LogP contribution in [0, 0.1) is 0 Å². The summed E-state index contributed by atoms with van der Waals surface area (Å²) in [6.07, 6.45) is 6.26.